The number of aromatic nitrogens is 5. The van der Waals surface area contributed by atoms with Crippen molar-refractivity contribution in [2.75, 3.05) is 0 Å². The van der Waals surface area contributed by atoms with Gasteiger partial charge >= 0.3 is 0 Å². The molecule has 1 aliphatic rings. The maximum absolute atomic E-state index is 13.3. The normalized spacial score (nSPS) is 15.7. The van der Waals surface area contributed by atoms with Crippen molar-refractivity contribution in [1.29, 1.82) is 0 Å². The summed E-state index contributed by atoms with van der Waals surface area (Å²) in [7, 11) is -3.79. The first kappa shape index (κ1) is 18.1. The topological polar surface area (TPSA) is 93.5 Å². The maximum atomic E-state index is 13.3. The Morgan fingerprint density at radius 2 is 1.83 bits per heavy atom. The highest BCUT2D eigenvalue weighted by Crippen LogP contribution is 2.35. The second-order valence-electron chi connectivity index (χ2n) is 7.45. The van der Waals surface area contributed by atoms with Crippen LogP contribution in [0.3, 0.4) is 0 Å². The molecule has 0 bridgehead atoms. The summed E-state index contributed by atoms with van der Waals surface area (Å²) in [6.45, 7) is 0. The van der Waals surface area contributed by atoms with Crippen molar-refractivity contribution in [2.45, 2.75) is 42.9 Å². The van der Waals surface area contributed by atoms with Crippen LogP contribution in [0.5, 0.6) is 0 Å². The molecule has 3 aromatic heterocycles. The van der Waals surface area contributed by atoms with Gasteiger partial charge in [-0.1, -0.05) is 37.5 Å². The van der Waals surface area contributed by atoms with Gasteiger partial charge in [0.15, 0.2) is 5.65 Å². The molecule has 4 aromatic rings. The Labute approximate surface area is 168 Å². The molecule has 0 amide bonds. The van der Waals surface area contributed by atoms with E-state index in [0.717, 1.165) is 24.1 Å². The number of rotatable bonds is 4. The molecule has 1 aromatic carbocycles. The molecule has 5 rings (SSSR count). The minimum Gasteiger partial charge on any atom is -0.285 e. The molecule has 1 aliphatic carbocycles. The molecule has 1 saturated carbocycles. The van der Waals surface area contributed by atoms with Gasteiger partial charge in [0.25, 0.3) is 10.0 Å². The largest absolute Gasteiger partial charge is 0.285 e. The average Bonchev–Trinajstić information content (AvgIpc) is 3.42. The van der Waals surface area contributed by atoms with Gasteiger partial charge in [-0.15, -0.1) is 0 Å². The summed E-state index contributed by atoms with van der Waals surface area (Å²) < 4.78 is 27.8. The summed E-state index contributed by atoms with van der Waals surface area (Å²) in [6.07, 6.45) is 12.6. The van der Waals surface area contributed by atoms with Crippen LogP contribution in [0.4, 0.5) is 0 Å². The van der Waals surface area contributed by atoms with Gasteiger partial charge in [0, 0.05) is 29.4 Å². The molecule has 0 radical (unpaired) electrons. The Hall–Kier alpha value is -3.00. The van der Waals surface area contributed by atoms with Crippen molar-refractivity contribution in [3.8, 4) is 11.1 Å². The second kappa shape index (κ2) is 7.11. The fourth-order valence-corrected chi connectivity index (χ4v) is 5.41. The lowest BCUT2D eigenvalue weighted by Gasteiger charge is -2.20. The molecule has 1 fully saturated rings. The first-order valence-electron chi connectivity index (χ1n) is 9.82. The van der Waals surface area contributed by atoms with Gasteiger partial charge in [-0.25, -0.2) is 22.4 Å². The highest BCUT2D eigenvalue weighted by atomic mass is 32.2. The Morgan fingerprint density at radius 1 is 1.03 bits per heavy atom. The molecule has 3 heterocycles. The SMILES string of the molecule is O=S(=O)(c1ccccc1)n1cc(-c2cn[nH]c2)c2nc(C3CCCCC3)cnc21. The molecular formula is C21H21N5O2S. The Kier molecular flexibility index (Phi) is 4.43. The lowest BCUT2D eigenvalue weighted by Crippen LogP contribution is -2.13. The number of H-pyrrole nitrogens is 1. The van der Waals surface area contributed by atoms with Crippen LogP contribution in [0.25, 0.3) is 22.3 Å². The minimum absolute atomic E-state index is 0.216. The van der Waals surface area contributed by atoms with Crippen molar-refractivity contribution >= 4 is 21.2 Å². The van der Waals surface area contributed by atoms with E-state index in [9.17, 15) is 8.42 Å². The molecule has 0 atom stereocenters. The first-order chi connectivity index (χ1) is 14.1. The molecule has 7 nitrogen and oxygen atoms in total. The van der Waals surface area contributed by atoms with Gasteiger partial charge in [-0.3, -0.25) is 5.10 Å². The van der Waals surface area contributed by atoms with E-state index >= 15 is 0 Å². The summed E-state index contributed by atoms with van der Waals surface area (Å²) in [6, 6.07) is 8.38. The van der Waals surface area contributed by atoms with E-state index in [0.29, 0.717) is 22.6 Å². The third kappa shape index (κ3) is 3.13. The zero-order valence-corrected chi connectivity index (χ0v) is 16.6. The number of benzene rings is 1. The van der Waals surface area contributed by atoms with Crippen LogP contribution in [0.1, 0.15) is 43.7 Å². The van der Waals surface area contributed by atoms with E-state index in [-0.39, 0.29) is 4.90 Å². The fraction of sp³-hybridized carbons (Fsp3) is 0.286. The van der Waals surface area contributed by atoms with E-state index in [1.165, 1.54) is 23.2 Å². The van der Waals surface area contributed by atoms with Crippen LogP contribution >= 0.6 is 0 Å². The summed E-state index contributed by atoms with van der Waals surface area (Å²) in [5, 5.41) is 6.81. The average molecular weight is 407 g/mol. The highest BCUT2D eigenvalue weighted by Gasteiger charge is 2.25. The van der Waals surface area contributed by atoms with Crippen LogP contribution in [-0.4, -0.2) is 32.6 Å². The molecule has 29 heavy (non-hydrogen) atoms. The molecule has 0 unspecified atom stereocenters. The van der Waals surface area contributed by atoms with Gasteiger partial charge in [0.1, 0.15) is 5.52 Å². The van der Waals surface area contributed by atoms with Crippen molar-refractivity contribution in [2.24, 2.45) is 0 Å². The summed E-state index contributed by atoms with van der Waals surface area (Å²) in [5.74, 6) is 0.381. The Balaban J connectivity index is 1.71. The molecular weight excluding hydrogens is 386 g/mol. The van der Waals surface area contributed by atoms with Crippen molar-refractivity contribution in [1.82, 2.24) is 24.1 Å². The summed E-state index contributed by atoms with van der Waals surface area (Å²) in [5.41, 5.74) is 3.36. The van der Waals surface area contributed by atoms with Crippen LogP contribution in [-0.2, 0) is 10.0 Å². The molecule has 8 heteroatoms. The molecule has 0 spiro atoms. The highest BCUT2D eigenvalue weighted by molar-refractivity contribution is 7.90. The van der Waals surface area contributed by atoms with E-state index in [2.05, 4.69) is 15.2 Å². The van der Waals surface area contributed by atoms with Crippen molar-refractivity contribution in [3.05, 3.63) is 60.8 Å². The molecule has 0 aliphatic heterocycles. The van der Waals surface area contributed by atoms with Crippen LogP contribution < -0.4 is 0 Å². The molecule has 1 N–H and O–H groups in total. The predicted molar refractivity (Wildman–Crippen MR) is 110 cm³/mol. The molecule has 0 saturated heterocycles. The van der Waals surface area contributed by atoms with Gasteiger partial charge in [-0.05, 0) is 25.0 Å². The van der Waals surface area contributed by atoms with Crippen LogP contribution in [0, 0.1) is 0 Å². The van der Waals surface area contributed by atoms with Crippen molar-refractivity contribution < 1.29 is 8.42 Å². The van der Waals surface area contributed by atoms with E-state index in [1.54, 1.807) is 55.1 Å². The van der Waals surface area contributed by atoms with Crippen molar-refractivity contribution in [3.63, 3.8) is 0 Å². The van der Waals surface area contributed by atoms with Gasteiger partial charge in [0.2, 0.25) is 0 Å². The van der Waals surface area contributed by atoms with E-state index in [4.69, 9.17) is 4.98 Å². The monoisotopic (exact) mass is 407 g/mol. The summed E-state index contributed by atoms with van der Waals surface area (Å²) in [4.78, 5) is 9.68. The minimum atomic E-state index is -3.79. The van der Waals surface area contributed by atoms with Crippen LogP contribution in [0.15, 0.2) is 60.0 Å². The lowest BCUT2D eigenvalue weighted by molar-refractivity contribution is 0.436. The number of hydrogen-bond acceptors (Lipinski definition) is 5. The number of nitrogens with zero attached hydrogens (tertiary/aromatic N) is 4. The molecule has 148 valence electrons. The Bertz CT molecular complexity index is 1240. The Morgan fingerprint density at radius 3 is 2.55 bits per heavy atom. The third-order valence-corrected chi connectivity index (χ3v) is 7.28. The summed E-state index contributed by atoms with van der Waals surface area (Å²) >= 11 is 0. The standard InChI is InChI=1S/C21H21N5O2S/c27-29(28,17-9-5-2-6-10-17)26-14-18(16-11-23-24-12-16)20-21(26)22-13-19(25-20)15-7-3-1-4-8-15/h2,5-6,9-15H,1,3-4,7-8H2,(H,23,24). The van der Waals surface area contributed by atoms with Gasteiger partial charge in [-0.2, -0.15) is 5.10 Å². The first-order valence-corrected chi connectivity index (χ1v) is 11.3. The van der Waals surface area contributed by atoms with Gasteiger partial charge < -0.3 is 0 Å². The zero-order valence-electron chi connectivity index (χ0n) is 15.8. The van der Waals surface area contributed by atoms with E-state index < -0.39 is 10.0 Å². The number of nitrogens with one attached hydrogen (secondary N) is 1. The maximum Gasteiger partial charge on any atom is 0.269 e. The lowest BCUT2D eigenvalue weighted by atomic mass is 9.87. The third-order valence-electron chi connectivity index (χ3n) is 5.61. The predicted octanol–water partition coefficient (Wildman–Crippen LogP) is 4.11. The van der Waals surface area contributed by atoms with Gasteiger partial charge in [0.05, 0.1) is 23.0 Å². The number of aromatic amines is 1. The smallest absolute Gasteiger partial charge is 0.269 e. The number of hydrogen-bond donors (Lipinski definition) is 1. The van der Waals surface area contributed by atoms with Crippen LogP contribution in [0.2, 0.25) is 0 Å². The fourth-order valence-electron chi connectivity index (χ4n) is 4.07. The van der Waals surface area contributed by atoms with E-state index in [1.807, 2.05) is 0 Å². The quantitative estimate of drug-likeness (QED) is 0.549. The second-order valence-corrected chi connectivity index (χ2v) is 9.26. The number of fused-ring (bicyclic) bond motifs is 1. The zero-order chi connectivity index (χ0) is 19.8.